The smallest absolute Gasteiger partial charge is 0.279 e. The highest BCUT2D eigenvalue weighted by Gasteiger charge is 2.16. The second-order valence-corrected chi connectivity index (χ2v) is 7.47. The Labute approximate surface area is 150 Å². The summed E-state index contributed by atoms with van der Waals surface area (Å²) in [5.74, 6) is -0.195. The van der Waals surface area contributed by atoms with Crippen LogP contribution in [0.25, 0.3) is 11.3 Å². The van der Waals surface area contributed by atoms with E-state index in [1.54, 1.807) is 36.5 Å². The van der Waals surface area contributed by atoms with Crippen molar-refractivity contribution in [3.63, 3.8) is 0 Å². The van der Waals surface area contributed by atoms with Gasteiger partial charge in [-0.15, -0.1) is 0 Å². The quantitative estimate of drug-likeness (QED) is 0.717. The Morgan fingerprint density at radius 3 is 2.42 bits per heavy atom. The Morgan fingerprint density at radius 2 is 1.81 bits per heavy atom. The zero-order chi connectivity index (χ0) is 18.7. The van der Waals surface area contributed by atoms with Gasteiger partial charge in [-0.1, -0.05) is 18.2 Å². The van der Waals surface area contributed by atoms with E-state index < -0.39 is 15.7 Å². The molecular formula is C17H15N5O3S. The number of rotatable bonds is 4. The maximum absolute atomic E-state index is 12.4. The third-order valence-corrected chi connectivity index (χ3v) is 4.63. The van der Waals surface area contributed by atoms with Gasteiger partial charge in [-0.25, -0.2) is 23.4 Å². The lowest BCUT2D eigenvalue weighted by Crippen LogP contribution is -2.17. The number of anilines is 2. The van der Waals surface area contributed by atoms with E-state index >= 15 is 0 Å². The van der Waals surface area contributed by atoms with Crippen molar-refractivity contribution >= 4 is 27.4 Å². The molecule has 3 rings (SSSR count). The van der Waals surface area contributed by atoms with E-state index in [-0.39, 0.29) is 16.4 Å². The summed E-state index contributed by atoms with van der Waals surface area (Å²) in [5, 5.41) is 2.59. The molecule has 1 aromatic carbocycles. The number of carbonyl (C=O) groups excluding carboxylic acids is 1. The number of nitrogen functional groups attached to an aromatic ring is 1. The van der Waals surface area contributed by atoms with Gasteiger partial charge in [0.05, 0.1) is 16.8 Å². The SMILES string of the molecule is CS(=O)(=O)c1ccc(-c2cnc(N)c(C(=O)Nc3ccccn3)n2)cc1. The molecule has 0 spiro atoms. The molecule has 0 unspecified atom stereocenters. The van der Waals surface area contributed by atoms with Crippen LogP contribution in [0.15, 0.2) is 59.8 Å². The largest absolute Gasteiger partial charge is 0.382 e. The molecule has 0 aliphatic carbocycles. The summed E-state index contributed by atoms with van der Waals surface area (Å²) in [6.07, 6.45) is 4.10. The number of pyridine rings is 1. The Kier molecular flexibility index (Phi) is 4.63. The number of hydrogen-bond donors (Lipinski definition) is 2. The molecule has 8 nitrogen and oxygen atoms in total. The number of hydrogen-bond acceptors (Lipinski definition) is 7. The summed E-state index contributed by atoms with van der Waals surface area (Å²) in [6, 6.07) is 11.2. The summed E-state index contributed by atoms with van der Waals surface area (Å²) in [5.41, 5.74) is 6.73. The second-order valence-electron chi connectivity index (χ2n) is 5.45. The van der Waals surface area contributed by atoms with E-state index in [1.807, 2.05) is 0 Å². The van der Waals surface area contributed by atoms with Crippen LogP contribution >= 0.6 is 0 Å². The summed E-state index contributed by atoms with van der Waals surface area (Å²) in [6.45, 7) is 0. The molecule has 3 aromatic rings. The first-order chi connectivity index (χ1) is 12.3. The standard InChI is InChI=1S/C17H15N5O3S/c1-26(24,25)12-7-5-11(6-8-12)13-10-20-16(18)15(21-13)17(23)22-14-4-2-3-9-19-14/h2-10H,1H3,(H2,18,20)(H,19,22,23). The number of sulfone groups is 1. The lowest BCUT2D eigenvalue weighted by molar-refractivity contribution is 0.102. The van der Waals surface area contributed by atoms with Crippen LogP contribution in [0, 0.1) is 0 Å². The van der Waals surface area contributed by atoms with Crippen LogP contribution in [-0.4, -0.2) is 35.5 Å². The van der Waals surface area contributed by atoms with Crippen molar-refractivity contribution < 1.29 is 13.2 Å². The monoisotopic (exact) mass is 369 g/mol. The molecule has 1 amide bonds. The van der Waals surface area contributed by atoms with Crippen molar-refractivity contribution in [3.8, 4) is 11.3 Å². The predicted octanol–water partition coefficient (Wildman–Crippen LogP) is 1.78. The van der Waals surface area contributed by atoms with Crippen molar-refractivity contribution in [1.29, 1.82) is 0 Å². The van der Waals surface area contributed by atoms with E-state index in [0.29, 0.717) is 17.1 Å². The van der Waals surface area contributed by atoms with Crippen molar-refractivity contribution in [3.05, 3.63) is 60.6 Å². The third kappa shape index (κ3) is 3.83. The number of nitrogens with two attached hydrogens (primary N) is 1. The van der Waals surface area contributed by atoms with Gasteiger partial charge in [0.1, 0.15) is 5.82 Å². The van der Waals surface area contributed by atoms with Crippen molar-refractivity contribution in [2.24, 2.45) is 0 Å². The number of benzene rings is 1. The molecule has 9 heteroatoms. The zero-order valence-corrected chi connectivity index (χ0v) is 14.6. The second kappa shape index (κ2) is 6.89. The van der Waals surface area contributed by atoms with E-state index in [0.717, 1.165) is 6.26 Å². The molecule has 0 fully saturated rings. The van der Waals surface area contributed by atoms with E-state index in [4.69, 9.17) is 5.73 Å². The molecule has 0 aliphatic rings. The lowest BCUT2D eigenvalue weighted by Gasteiger charge is -2.08. The van der Waals surface area contributed by atoms with Gasteiger partial charge < -0.3 is 11.1 Å². The average Bonchev–Trinajstić information content (AvgIpc) is 2.62. The van der Waals surface area contributed by atoms with Crippen molar-refractivity contribution in [1.82, 2.24) is 15.0 Å². The first kappa shape index (κ1) is 17.5. The van der Waals surface area contributed by atoms with Gasteiger partial charge in [0, 0.05) is 18.0 Å². The molecule has 26 heavy (non-hydrogen) atoms. The molecule has 0 saturated heterocycles. The fourth-order valence-electron chi connectivity index (χ4n) is 2.19. The van der Waals surface area contributed by atoms with E-state index in [2.05, 4.69) is 20.3 Å². The summed E-state index contributed by atoms with van der Waals surface area (Å²) >= 11 is 0. The number of amides is 1. The summed E-state index contributed by atoms with van der Waals surface area (Å²) in [7, 11) is -3.29. The van der Waals surface area contributed by atoms with Crippen LogP contribution in [0.4, 0.5) is 11.6 Å². The Hall–Kier alpha value is -3.33. The first-order valence-corrected chi connectivity index (χ1v) is 9.39. The van der Waals surface area contributed by atoms with Crippen LogP contribution in [-0.2, 0) is 9.84 Å². The molecule has 0 aliphatic heterocycles. The predicted molar refractivity (Wildman–Crippen MR) is 97.2 cm³/mol. The average molecular weight is 369 g/mol. The number of nitrogens with one attached hydrogen (secondary N) is 1. The Balaban J connectivity index is 1.91. The van der Waals surface area contributed by atoms with Gasteiger partial charge in [-0.2, -0.15) is 0 Å². The molecule has 2 heterocycles. The highest BCUT2D eigenvalue weighted by atomic mass is 32.2. The van der Waals surface area contributed by atoms with Gasteiger partial charge in [-0.05, 0) is 24.3 Å². The summed E-state index contributed by atoms with van der Waals surface area (Å²) < 4.78 is 23.1. The minimum Gasteiger partial charge on any atom is -0.382 e. The van der Waals surface area contributed by atoms with Crippen LogP contribution in [0.1, 0.15) is 10.5 Å². The first-order valence-electron chi connectivity index (χ1n) is 7.50. The molecule has 0 atom stereocenters. The number of nitrogens with zero attached hydrogens (tertiary/aromatic N) is 3. The lowest BCUT2D eigenvalue weighted by atomic mass is 10.1. The van der Waals surface area contributed by atoms with E-state index in [1.165, 1.54) is 18.3 Å². The van der Waals surface area contributed by atoms with Crippen molar-refractivity contribution in [2.45, 2.75) is 4.90 Å². The van der Waals surface area contributed by atoms with E-state index in [9.17, 15) is 13.2 Å². The van der Waals surface area contributed by atoms with Gasteiger partial charge >= 0.3 is 0 Å². The van der Waals surface area contributed by atoms with Gasteiger partial charge in [0.2, 0.25) is 0 Å². The molecule has 0 bridgehead atoms. The Morgan fingerprint density at radius 1 is 1.08 bits per heavy atom. The van der Waals surface area contributed by atoms with Crippen LogP contribution in [0.5, 0.6) is 0 Å². The fourth-order valence-corrected chi connectivity index (χ4v) is 2.82. The number of aromatic nitrogens is 3. The molecule has 0 radical (unpaired) electrons. The normalized spacial score (nSPS) is 11.1. The van der Waals surface area contributed by atoms with Gasteiger partial charge in [0.15, 0.2) is 21.3 Å². The Bertz CT molecular complexity index is 1050. The summed E-state index contributed by atoms with van der Waals surface area (Å²) in [4.78, 5) is 24.9. The molecule has 3 N–H and O–H groups in total. The van der Waals surface area contributed by atoms with Crippen LogP contribution < -0.4 is 11.1 Å². The van der Waals surface area contributed by atoms with Crippen molar-refractivity contribution in [2.75, 3.05) is 17.3 Å². The maximum atomic E-state index is 12.4. The molecule has 0 saturated carbocycles. The highest BCUT2D eigenvalue weighted by molar-refractivity contribution is 7.90. The molecular weight excluding hydrogens is 354 g/mol. The fraction of sp³-hybridized carbons (Fsp3) is 0.0588. The number of carbonyl (C=O) groups is 1. The maximum Gasteiger partial charge on any atom is 0.279 e. The van der Waals surface area contributed by atoms with Crippen LogP contribution in [0.2, 0.25) is 0 Å². The minimum absolute atomic E-state index is 0.0186. The topological polar surface area (TPSA) is 128 Å². The van der Waals surface area contributed by atoms with Gasteiger partial charge in [0.25, 0.3) is 5.91 Å². The van der Waals surface area contributed by atoms with Crippen LogP contribution in [0.3, 0.4) is 0 Å². The minimum atomic E-state index is -3.29. The third-order valence-electron chi connectivity index (χ3n) is 3.50. The highest BCUT2D eigenvalue weighted by Crippen LogP contribution is 2.21. The molecule has 2 aromatic heterocycles. The molecule has 132 valence electrons. The zero-order valence-electron chi connectivity index (χ0n) is 13.7. The van der Waals surface area contributed by atoms with Gasteiger partial charge in [-0.3, -0.25) is 4.79 Å².